The number of imidazole rings is 1. The highest BCUT2D eigenvalue weighted by Crippen LogP contribution is 2.22. The molecule has 0 unspecified atom stereocenters. The van der Waals surface area contributed by atoms with Gasteiger partial charge in [-0.1, -0.05) is 58.0 Å². The number of benzene rings is 2. The molecule has 0 radical (unpaired) electrons. The highest BCUT2D eigenvalue weighted by atomic mass is 16.3. The molecule has 2 aliphatic rings. The Bertz CT molecular complexity index is 3020. The number of phenols is 1. The summed E-state index contributed by atoms with van der Waals surface area (Å²) in [5.41, 5.74) is 19.0. The van der Waals surface area contributed by atoms with Crippen LogP contribution in [0.2, 0.25) is 0 Å². The number of nitrogens with one attached hydrogen (secondary N) is 11. The summed E-state index contributed by atoms with van der Waals surface area (Å²) in [6, 6.07) is 1.42. The van der Waals surface area contributed by atoms with Crippen molar-refractivity contribution in [1.82, 2.24) is 62.4 Å². The lowest BCUT2D eigenvalue weighted by molar-refractivity contribution is -0.459. The molecule has 2 aliphatic heterocycles. The molecule has 2 saturated heterocycles. The normalized spacial score (nSPS) is 17.3. The van der Waals surface area contributed by atoms with Gasteiger partial charge < -0.3 is 73.3 Å². The lowest BCUT2D eigenvalue weighted by atomic mass is 9.98. The van der Waals surface area contributed by atoms with Crippen LogP contribution in [0.5, 0.6) is 5.75 Å². The number of fused-ring (bicyclic) bond motifs is 1. The van der Waals surface area contributed by atoms with Crippen molar-refractivity contribution >= 4 is 75.9 Å². The molecule has 6 rings (SSSR count). The van der Waals surface area contributed by atoms with Gasteiger partial charge in [-0.2, -0.15) is 0 Å². The SMILES string of the molecule is CC(C)C[C@H](NC(=O)[C@@H](CC(C)C)NC(=O)[C@H](Cc1ccc(O)cc1)NC(=O)[C@H](CO)NC(=O)[C@H](Cc1c[nH]c2ccccc12)NC(=O)[C@H](Cc1cnc[nH]1)NC(=O)[C@@H]1CCC(=O)N1)C(=O)N[C@@H](CCC[NH+]=C(N)N)C(=O)N1CCC[C@H]1C(N)=O. The maximum absolute atomic E-state index is 14.6. The average Bonchev–Trinajstić information content (AvgIpc) is 3.91. The first-order valence-electron chi connectivity index (χ1n) is 28.5. The molecule has 0 bridgehead atoms. The number of likely N-dealkylation sites (tertiary alicyclic amines) is 1. The number of carbonyl (C=O) groups is 10. The van der Waals surface area contributed by atoms with Gasteiger partial charge in [-0.15, -0.1) is 0 Å². The Morgan fingerprint density at radius 3 is 1.82 bits per heavy atom. The van der Waals surface area contributed by atoms with Gasteiger partial charge in [0.05, 0.1) is 19.5 Å². The highest BCUT2D eigenvalue weighted by molar-refractivity contribution is 5.99. The number of nitrogens with two attached hydrogens (primary N) is 3. The van der Waals surface area contributed by atoms with Gasteiger partial charge in [0.1, 0.15) is 60.1 Å². The second kappa shape index (κ2) is 31.0. The third kappa shape index (κ3) is 19.2. The van der Waals surface area contributed by atoms with E-state index in [1.54, 1.807) is 38.2 Å². The molecule has 0 aliphatic carbocycles. The van der Waals surface area contributed by atoms with Crippen LogP contribution in [0.1, 0.15) is 95.9 Å². The monoisotopic (exact) mass is 1180 g/mol. The lowest BCUT2D eigenvalue weighted by Crippen LogP contribution is -2.78. The lowest BCUT2D eigenvalue weighted by Gasteiger charge is -2.30. The number of aliphatic hydroxyl groups is 1. The number of primary amides is 1. The van der Waals surface area contributed by atoms with Crippen molar-refractivity contribution in [2.75, 3.05) is 19.7 Å². The van der Waals surface area contributed by atoms with Crippen LogP contribution in [0.3, 0.4) is 0 Å². The topological polar surface area (TPSA) is 447 Å². The number of aromatic hydroxyl groups is 1. The first-order chi connectivity index (χ1) is 40.5. The Labute approximate surface area is 491 Å². The molecule has 28 heteroatoms. The van der Waals surface area contributed by atoms with E-state index in [0.717, 1.165) is 5.52 Å². The van der Waals surface area contributed by atoms with Crippen LogP contribution in [0.25, 0.3) is 10.9 Å². The molecule has 0 spiro atoms. The molecule has 9 atom stereocenters. The number of aromatic amines is 2. The van der Waals surface area contributed by atoms with Gasteiger partial charge in [-0.3, -0.25) is 64.4 Å². The van der Waals surface area contributed by atoms with Gasteiger partial charge >= 0.3 is 5.96 Å². The van der Waals surface area contributed by atoms with E-state index in [1.807, 2.05) is 19.9 Å². The Hall–Kier alpha value is -9.08. The van der Waals surface area contributed by atoms with Gasteiger partial charge in [0.15, 0.2) is 0 Å². The second-order valence-corrected chi connectivity index (χ2v) is 22.4. The van der Waals surface area contributed by atoms with Crippen molar-refractivity contribution < 1.29 is 63.2 Å². The standard InChI is InChI=1S/C57H80N16O12/c1-30(2)21-40(50(79)66-39(11-7-19-62-57(59)60)56(85)73-20-8-12-46(73)48(58)77)67-51(80)41(22-31(3)4)68-52(81)42(23-32-13-15-35(75)16-14-32)69-55(84)45(28-74)72-53(82)43(24-33-26-63-37-10-6-5-9-36(33)37)70-54(83)44(25-34-27-61-29-64-34)71-49(78)38-17-18-47(76)65-38/h5-6,9-10,13-16,26-27,29-31,38-46,63,74-75H,7-8,11-12,17-25,28H2,1-4H3,(H2,58,77)(H,61,64)(H,65,76)(H,66,79)(H,67,80)(H,68,81)(H,69,84)(H,70,83)(H,71,78)(H,72,82)(H4,59,60,62)/p+1/t38-,39-,40-,41+,42-,43-,44-,45-,46-/m0/s1. The zero-order valence-electron chi connectivity index (χ0n) is 48.2. The zero-order chi connectivity index (χ0) is 61.9. The molecule has 4 aromatic rings. The predicted octanol–water partition coefficient (Wildman–Crippen LogP) is -4.01. The van der Waals surface area contributed by atoms with Gasteiger partial charge in [0.25, 0.3) is 0 Å². The number of hydrogen-bond acceptors (Lipinski definition) is 13. The number of para-hydroxylation sites is 1. The molecule has 2 aromatic carbocycles. The number of nitrogens with zero attached hydrogens (tertiary/aromatic N) is 2. The Morgan fingerprint density at radius 2 is 1.26 bits per heavy atom. The molecule has 2 aromatic heterocycles. The molecule has 28 nitrogen and oxygen atoms in total. The number of aromatic nitrogens is 3. The van der Waals surface area contributed by atoms with Crippen LogP contribution in [-0.2, 0) is 67.2 Å². The smallest absolute Gasteiger partial charge is 0.338 e. The van der Waals surface area contributed by atoms with E-state index in [4.69, 9.17) is 17.2 Å². The average molecular weight is 1180 g/mol. The number of carbonyl (C=O) groups excluding carboxylic acids is 10. The van der Waals surface area contributed by atoms with Gasteiger partial charge in [0, 0.05) is 61.2 Å². The minimum absolute atomic E-state index is 0.0365. The fourth-order valence-electron chi connectivity index (χ4n) is 10.3. The summed E-state index contributed by atoms with van der Waals surface area (Å²) < 4.78 is 0. The minimum atomic E-state index is -1.75. The Balaban J connectivity index is 1.22. The number of phenolic OH excluding ortho intramolecular Hbond substituents is 1. The number of amides is 10. The molecular weight excluding hydrogens is 1100 g/mol. The van der Waals surface area contributed by atoms with Crippen molar-refractivity contribution in [3.63, 3.8) is 0 Å². The Kier molecular flexibility index (Phi) is 23.7. The quantitative estimate of drug-likeness (QED) is 0.0130. The fraction of sp³-hybridized carbons (Fsp3) is 0.509. The molecular formula is C57H81N16O12+. The third-order valence-corrected chi connectivity index (χ3v) is 14.6. The van der Waals surface area contributed by atoms with Crippen molar-refractivity contribution in [1.29, 1.82) is 0 Å². The first-order valence-corrected chi connectivity index (χ1v) is 28.5. The van der Waals surface area contributed by atoms with Gasteiger partial charge in [-0.05, 0) is 86.1 Å². The van der Waals surface area contributed by atoms with Crippen LogP contribution in [-0.4, -0.2) is 169 Å². The first kappa shape index (κ1) is 65.1. The number of guanidine groups is 1. The summed E-state index contributed by atoms with van der Waals surface area (Å²) in [4.78, 5) is 153. The maximum Gasteiger partial charge on any atom is 0.338 e. The van der Waals surface area contributed by atoms with Crippen LogP contribution >= 0.6 is 0 Å². The van der Waals surface area contributed by atoms with Gasteiger partial charge in [0.2, 0.25) is 59.1 Å². The molecule has 19 N–H and O–H groups in total. The summed E-state index contributed by atoms with van der Waals surface area (Å²) in [7, 11) is 0. The van der Waals surface area contributed by atoms with Crippen LogP contribution in [0.15, 0.2) is 67.3 Å². The second-order valence-electron chi connectivity index (χ2n) is 22.4. The molecule has 10 amide bonds. The third-order valence-electron chi connectivity index (χ3n) is 14.6. The molecule has 460 valence electrons. The van der Waals surface area contributed by atoms with E-state index in [1.165, 1.54) is 41.7 Å². The van der Waals surface area contributed by atoms with E-state index in [2.05, 4.69) is 62.5 Å². The van der Waals surface area contributed by atoms with Crippen molar-refractivity contribution in [3.05, 3.63) is 84.1 Å². The van der Waals surface area contributed by atoms with E-state index in [-0.39, 0.29) is 93.9 Å². The number of H-pyrrole nitrogens is 2. The zero-order valence-corrected chi connectivity index (χ0v) is 48.2. The predicted molar refractivity (Wildman–Crippen MR) is 309 cm³/mol. The maximum atomic E-state index is 14.6. The van der Waals surface area contributed by atoms with Crippen LogP contribution < -0.4 is 64.7 Å². The van der Waals surface area contributed by atoms with E-state index >= 15 is 0 Å². The Morgan fingerprint density at radius 1 is 0.694 bits per heavy atom. The summed E-state index contributed by atoms with van der Waals surface area (Å²) >= 11 is 0. The van der Waals surface area contributed by atoms with Crippen LogP contribution in [0.4, 0.5) is 0 Å². The van der Waals surface area contributed by atoms with Gasteiger partial charge in [-0.25, -0.2) is 4.98 Å². The minimum Gasteiger partial charge on any atom is -0.508 e. The molecule has 0 saturated carbocycles. The molecule has 4 heterocycles. The summed E-state index contributed by atoms with van der Waals surface area (Å²) in [6.07, 6.45) is 5.71. The van der Waals surface area contributed by atoms with E-state index < -0.39 is 114 Å². The number of rotatable bonds is 31. The summed E-state index contributed by atoms with van der Waals surface area (Å²) in [6.45, 7) is 6.74. The van der Waals surface area contributed by atoms with Crippen molar-refractivity contribution in [3.8, 4) is 5.75 Å². The largest absolute Gasteiger partial charge is 0.508 e. The summed E-state index contributed by atoms with van der Waals surface area (Å²) in [5.74, 6) is -7.89. The van der Waals surface area contributed by atoms with Crippen molar-refractivity contribution in [2.45, 2.75) is 153 Å². The highest BCUT2D eigenvalue weighted by Gasteiger charge is 2.39. The summed E-state index contributed by atoms with van der Waals surface area (Å²) in [5, 5.41) is 43.0. The molecule has 2 fully saturated rings. The van der Waals surface area contributed by atoms with Crippen molar-refractivity contribution in [2.24, 2.45) is 29.0 Å². The number of aliphatic hydroxyl groups excluding tert-OH is 1. The number of hydrogen-bond donors (Lipinski definition) is 16. The van der Waals surface area contributed by atoms with Crippen LogP contribution in [0, 0.1) is 11.8 Å². The molecule has 85 heavy (non-hydrogen) atoms. The van der Waals surface area contributed by atoms with E-state index in [9.17, 15) is 58.2 Å². The van der Waals surface area contributed by atoms with E-state index in [0.29, 0.717) is 41.5 Å². The fourth-order valence-corrected chi connectivity index (χ4v) is 10.3.